The summed E-state index contributed by atoms with van der Waals surface area (Å²) < 4.78 is 0. The number of nitrogens with two attached hydrogens (primary N) is 1. The van der Waals surface area contributed by atoms with E-state index >= 15 is 0 Å². The van der Waals surface area contributed by atoms with Gasteiger partial charge in [-0.3, -0.25) is 4.90 Å². The second-order valence-corrected chi connectivity index (χ2v) is 6.41. The van der Waals surface area contributed by atoms with Gasteiger partial charge < -0.3 is 10.6 Å². The molecule has 0 aromatic carbocycles. The molecule has 0 aromatic rings. The topological polar surface area (TPSA) is 32.5 Å². The summed E-state index contributed by atoms with van der Waals surface area (Å²) in [7, 11) is 2.26. The molecule has 0 bridgehead atoms. The molecule has 2 unspecified atom stereocenters. The summed E-state index contributed by atoms with van der Waals surface area (Å²) in [5.74, 6) is 0. The largest absolute Gasteiger partial charge is 0.328 e. The number of hydrogen-bond donors (Lipinski definition) is 1. The van der Waals surface area contributed by atoms with E-state index in [1.165, 1.54) is 51.6 Å². The van der Waals surface area contributed by atoms with Crippen molar-refractivity contribution in [1.82, 2.24) is 9.80 Å². The van der Waals surface area contributed by atoms with Crippen LogP contribution in [-0.4, -0.2) is 54.1 Å². The molecule has 106 valence electrons. The number of piperidine rings is 1. The summed E-state index contributed by atoms with van der Waals surface area (Å²) in [5, 5.41) is 0. The molecule has 1 heterocycles. The van der Waals surface area contributed by atoms with Crippen molar-refractivity contribution >= 4 is 0 Å². The van der Waals surface area contributed by atoms with Gasteiger partial charge in [-0.1, -0.05) is 6.92 Å². The third kappa shape index (κ3) is 3.25. The lowest BCUT2D eigenvalue weighted by Crippen LogP contribution is -2.52. The van der Waals surface area contributed by atoms with Gasteiger partial charge >= 0.3 is 0 Å². The molecule has 1 aliphatic carbocycles. The minimum Gasteiger partial charge on any atom is -0.328 e. The standard InChI is InChI=1S/C15H31N3/c1-4-18(14-7-5-13(16)6-8-14)15-9-10-17(3)12(2)11-15/h12-15H,4-11,16H2,1-3H3. The molecule has 2 N–H and O–H groups in total. The summed E-state index contributed by atoms with van der Waals surface area (Å²) in [6.07, 6.45) is 7.77. The first-order valence-electron chi connectivity index (χ1n) is 7.83. The fraction of sp³-hybridized carbons (Fsp3) is 1.00. The lowest BCUT2D eigenvalue weighted by Gasteiger charge is -2.45. The van der Waals surface area contributed by atoms with Crippen molar-refractivity contribution in [3.8, 4) is 0 Å². The van der Waals surface area contributed by atoms with Crippen LogP contribution in [0.15, 0.2) is 0 Å². The molecule has 3 heteroatoms. The Kier molecular flexibility index (Phi) is 5.05. The van der Waals surface area contributed by atoms with E-state index in [2.05, 4.69) is 30.7 Å². The van der Waals surface area contributed by atoms with Crippen molar-refractivity contribution in [2.45, 2.75) is 76.5 Å². The quantitative estimate of drug-likeness (QED) is 0.835. The lowest BCUT2D eigenvalue weighted by atomic mass is 9.88. The van der Waals surface area contributed by atoms with Crippen molar-refractivity contribution in [2.75, 3.05) is 20.1 Å². The Bertz CT molecular complexity index is 248. The number of rotatable bonds is 3. The Labute approximate surface area is 113 Å². The summed E-state index contributed by atoms with van der Waals surface area (Å²) in [6, 6.07) is 2.82. The van der Waals surface area contributed by atoms with Crippen LogP contribution in [0.25, 0.3) is 0 Å². The lowest BCUT2D eigenvalue weighted by molar-refractivity contribution is 0.0463. The monoisotopic (exact) mass is 253 g/mol. The summed E-state index contributed by atoms with van der Waals surface area (Å²) in [5.41, 5.74) is 6.03. The molecule has 2 atom stereocenters. The van der Waals surface area contributed by atoms with Crippen LogP contribution in [0.2, 0.25) is 0 Å². The highest BCUT2D eigenvalue weighted by Crippen LogP contribution is 2.28. The van der Waals surface area contributed by atoms with Crippen molar-refractivity contribution < 1.29 is 0 Å². The predicted octanol–water partition coefficient (Wildman–Crippen LogP) is 2.06. The van der Waals surface area contributed by atoms with Crippen LogP contribution in [-0.2, 0) is 0 Å². The first kappa shape index (κ1) is 14.3. The molecule has 2 aliphatic rings. The third-order valence-electron chi connectivity index (χ3n) is 5.23. The first-order valence-corrected chi connectivity index (χ1v) is 7.83. The van der Waals surface area contributed by atoms with E-state index in [-0.39, 0.29) is 0 Å². The molecule has 0 radical (unpaired) electrons. The van der Waals surface area contributed by atoms with Gasteiger partial charge in [0.25, 0.3) is 0 Å². The number of nitrogens with zero attached hydrogens (tertiary/aromatic N) is 2. The van der Waals surface area contributed by atoms with E-state index in [9.17, 15) is 0 Å². The maximum absolute atomic E-state index is 6.03. The number of hydrogen-bond acceptors (Lipinski definition) is 3. The maximum atomic E-state index is 6.03. The molecule has 2 rings (SSSR count). The van der Waals surface area contributed by atoms with Crippen LogP contribution in [0.1, 0.15) is 52.4 Å². The van der Waals surface area contributed by atoms with Crippen molar-refractivity contribution in [1.29, 1.82) is 0 Å². The van der Waals surface area contributed by atoms with Gasteiger partial charge in [-0.25, -0.2) is 0 Å². The van der Waals surface area contributed by atoms with E-state index in [0.717, 1.165) is 18.1 Å². The van der Waals surface area contributed by atoms with Crippen LogP contribution < -0.4 is 5.73 Å². The zero-order valence-electron chi connectivity index (χ0n) is 12.4. The molecular weight excluding hydrogens is 222 g/mol. The average Bonchev–Trinajstić information content (AvgIpc) is 2.37. The highest BCUT2D eigenvalue weighted by molar-refractivity contribution is 4.88. The average molecular weight is 253 g/mol. The second-order valence-electron chi connectivity index (χ2n) is 6.41. The minimum atomic E-state index is 0.469. The molecule has 1 aliphatic heterocycles. The van der Waals surface area contributed by atoms with Crippen LogP contribution in [0.3, 0.4) is 0 Å². The van der Waals surface area contributed by atoms with Gasteiger partial charge in [-0.05, 0) is 65.6 Å². The van der Waals surface area contributed by atoms with E-state index in [4.69, 9.17) is 5.73 Å². The molecular formula is C15H31N3. The fourth-order valence-electron chi connectivity index (χ4n) is 3.81. The molecule has 0 aromatic heterocycles. The molecule has 0 amide bonds. The highest BCUT2D eigenvalue weighted by atomic mass is 15.2. The Morgan fingerprint density at radius 2 is 1.78 bits per heavy atom. The van der Waals surface area contributed by atoms with Gasteiger partial charge in [0.15, 0.2) is 0 Å². The first-order chi connectivity index (χ1) is 8.61. The van der Waals surface area contributed by atoms with Crippen LogP contribution in [0, 0.1) is 0 Å². The molecule has 1 saturated carbocycles. The highest BCUT2D eigenvalue weighted by Gasteiger charge is 2.32. The van der Waals surface area contributed by atoms with E-state index < -0.39 is 0 Å². The SMILES string of the molecule is CCN(C1CCC(N)CC1)C1CCN(C)C(C)C1. The normalized spacial score (nSPS) is 39.2. The minimum absolute atomic E-state index is 0.469. The fourth-order valence-corrected chi connectivity index (χ4v) is 3.81. The zero-order chi connectivity index (χ0) is 13.1. The second kappa shape index (κ2) is 6.36. The Hall–Kier alpha value is -0.120. The van der Waals surface area contributed by atoms with Crippen molar-refractivity contribution in [3.05, 3.63) is 0 Å². The van der Waals surface area contributed by atoms with E-state index in [1.54, 1.807) is 0 Å². The Balaban J connectivity index is 1.92. The van der Waals surface area contributed by atoms with Crippen molar-refractivity contribution in [3.63, 3.8) is 0 Å². The maximum Gasteiger partial charge on any atom is 0.0125 e. The molecule has 3 nitrogen and oxygen atoms in total. The van der Waals surface area contributed by atoms with Gasteiger partial charge in [0, 0.05) is 24.2 Å². The Morgan fingerprint density at radius 1 is 1.11 bits per heavy atom. The molecule has 1 saturated heterocycles. The number of likely N-dealkylation sites (tertiary alicyclic amines) is 1. The van der Waals surface area contributed by atoms with E-state index in [0.29, 0.717) is 6.04 Å². The molecule has 18 heavy (non-hydrogen) atoms. The Morgan fingerprint density at radius 3 is 2.33 bits per heavy atom. The smallest absolute Gasteiger partial charge is 0.0125 e. The van der Waals surface area contributed by atoms with Gasteiger partial charge in [-0.2, -0.15) is 0 Å². The van der Waals surface area contributed by atoms with Crippen molar-refractivity contribution in [2.24, 2.45) is 5.73 Å². The molecule has 2 fully saturated rings. The zero-order valence-corrected chi connectivity index (χ0v) is 12.4. The van der Waals surface area contributed by atoms with Gasteiger partial charge in [0.2, 0.25) is 0 Å². The predicted molar refractivity (Wildman–Crippen MR) is 77.7 cm³/mol. The van der Waals surface area contributed by atoms with Gasteiger partial charge in [-0.15, -0.1) is 0 Å². The summed E-state index contributed by atoms with van der Waals surface area (Å²) in [6.45, 7) is 7.17. The van der Waals surface area contributed by atoms with Crippen LogP contribution in [0.4, 0.5) is 0 Å². The van der Waals surface area contributed by atoms with Gasteiger partial charge in [0.1, 0.15) is 0 Å². The van der Waals surface area contributed by atoms with Crippen LogP contribution in [0.5, 0.6) is 0 Å². The molecule has 0 spiro atoms. The third-order valence-corrected chi connectivity index (χ3v) is 5.23. The van der Waals surface area contributed by atoms with Crippen LogP contribution >= 0.6 is 0 Å². The van der Waals surface area contributed by atoms with Gasteiger partial charge in [0.05, 0.1) is 0 Å². The summed E-state index contributed by atoms with van der Waals surface area (Å²) in [4.78, 5) is 5.29. The summed E-state index contributed by atoms with van der Waals surface area (Å²) >= 11 is 0. The van der Waals surface area contributed by atoms with E-state index in [1.807, 2.05) is 0 Å².